The Balaban J connectivity index is 2.00. The van der Waals surface area contributed by atoms with E-state index in [9.17, 15) is 0 Å². The van der Waals surface area contributed by atoms with Crippen LogP contribution >= 0.6 is 34.7 Å². The highest BCUT2D eigenvalue weighted by Crippen LogP contribution is 2.39. The van der Waals surface area contributed by atoms with E-state index in [1.54, 1.807) is 11.3 Å². The summed E-state index contributed by atoms with van der Waals surface area (Å²) < 4.78 is 0. The van der Waals surface area contributed by atoms with Crippen LogP contribution in [0.2, 0.25) is 0 Å². The van der Waals surface area contributed by atoms with E-state index < -0.39 is 0 Å². The zero-order valence-corrected chi connectivity index (χ0v) is 10.3. The van der Waals surface area contributed by atoms with Crippen molar-refractivity contribution >= 4 is 34.7 Å². The molecule has 0 radical (unpaired) electrons. The fourth-order valence-electron chi connectivity index (χ4n) is 1.51. The highest BCUT2D eigenvalue weighted by molar-refractivity contribution is 7.99. The fraction of sp³-hybridized carbons (Fsp3) is 0.778. The lowest BCUT2D eigenvalue weighted by Gasteiger charge is -2.17. The van der Waals surface area contributed by atoms with Crippen molar-refractivity contribution in [2.75, 3.05) is 11.6 Å². The molecule has 1 atom stereocenters. The van der Waals surface area contributed by atoms with Gasteiger partial charge in [-0.1, -0.05) is 6.42 Å². The van der Waals surface area contributed by atoms with E-state index in [0.717, 1.165) is 11.4 Å². The van der Waals surface area contributed by atoms with Gasteiger partial charge < -0.3 is 0 Å². The maximum Gasteiger partial charge on any atom is 0.130 e. The number of hydrogen-bond acceptors (Lipinski definition) is 4. The van der Waals surface area contributed by atoms with E-state index >= 15 is 0 Å². The molecule has 1 aliphatic heterocycles. The molecule has 2 heterocycles. The average molecular weight is 249 g/mol. The molecule has 1 aromatic rings. The standard InChI is InChI=1S/C9H13ClN2S2/c10-5-4-8-11-12-9(14-8)7-3-1-2-6-13-7/h7H,1-6H2. The van der Waals surface area contributed by atoms with E-state index in [2.05, 4.69) is 10.2 Å². The smallest absolute Gasteiger partial charge is 0.130 e. The van der Waals surface area contributed by atoms with Crippen LogP contribution in [-0.4, -0.2) is 21.8 Å². The molecule has 0 aromatic carbocycles. The Morgan fingerprint density at radius 2 is 2.29 bits per heavy atom. The summed E-state index contributed by atoms with van der Waals surface area (Å²) in [4.78, 5) is 0. The van der Waals surface area contributed by atoms with Gasteiger partial charge in [0.15, 0.2) is 0 Å². The van der Waals surface area contributed by atoms with Crippen molar-refractivity contribution in [3.8, 4) is 0 Å². The number of halogens is 1. The van der Waals surface area contributed by atoms with Gasteiger partial charge in [0, 0.05) is 12.3 Å². The lowest BCUT2D eigenvalue weighted by Crippen LogP contribution is -2.01. The van der Waals surface area contributed by atoms with Gasteiger partial charge >= 0.3 is 0 Å². The molecule has 1 aromatic heterocycles. The summed E-state index contributed by atoms with van der Waals surface area (Å²) in [6.45, 7) is 0. The number of aromatic nitrogens is 2. The molecular weight excluding hydrogens is 236 g/mol. The first kappa shape index (κ1) is 10.7. The normalized spacial score (nSPS) is 22.5. The van der Waals surface area contributed by atoms with Gasteiger partial charge in [-0.2, -0.15) is 11.8 Å². The average Bonchev–Trinajstić information content (AvgIpc) is 2.68. The molecule has 1 aliphatic rings. The lowest BCUT2D eigenvalue weighted by atomic mass is 10.2. The number of rotatable bonds is 3. The van der Waals surface area contributed by atoms with E-state index in [1.165, 1.54) is 30.0 Å². The summed E-state index contributed by atoms with van der Waals surface area (Å²) in [7, 11) is 0. The molecule has 14 heavy (non-hydrogen) atoms. The minimum atomic E-state index is 0.602. The van der Waals surface area contributed by atoms with Gasteiger partial charge in [0.05, 0.1) is 5.25 Å². The summed E-state index contributed by atoms with van der Waals surface area (Å²) in [6.07, 6.45) is 4.81. The van der Waals surface area contributed by atoms with Gasteiger partial charge in [-0.3, -0.25) is 0 Å². The van der Waals surface area contributed by atoms with Gasteiger partial charge in [0.2, 0.25) is 0 Å². The van der Waals surface area contributed by atoms with Gasteiger partial charge in [-0.15, -0.1) is 33.1 Å². The highest BCUT2D eigenvalue weighted by atomic mass is 35.5. The molecule has 0 aliphatic carbocycles. The summed E-state index contributed by atoms with van der Waals surface area (Å²) in [6, 6.07) is 0. The second-order valence-corrected chi connectivity index (χ2v) is 6.11. The first-order valence-electron chi connectivity index (χ1n) is 4.90. The predicted molar refractivity (Wildman–Crippen MR) is 63.4 cm³/mol. The van der Waals surface area contributed by atoms with Crippen molar-refractivity contribution in [2.24, 2.45) is 0 Å². The Bertz CT molecular complexity index is 284. The topological polar surface area (TPSA) is 25.8 Å². The maximum absolute atomic E-state index is 5.66. The van der Waals surface area contributed by atoms with Gasteiger partial charge in [-0.25, -0.2) is 0 Å². The third-order valence-electron chi connectivity index (χ3n) is 2.25. The SMILES string of the molecule is ClCCc1nnc(C2CCCCS2)s1. The minimum Gasteiger partial charge on any atom is -0.151 e. The molecular formula is C9H13ClN2S2. The van der Waals surface area contributed by atoms with Gasteiger partial charge in [0.25, 0.3) is 0 Å². The molecule has 5 heteroatoms. The van der Waals surface area contributed by atoms with E-state index in [4.69, 9.17) is 11.6 Å². The second kappa shape index (κ2) is 5.33. The highest BCUT2D eigenvalue weighted by Gasteiger charge is 2.19. The molecule has 0 N–H and O–H groups in total. The summed E-state index contributed by atoms with van der Waals surface area (Å²) in [5.74, 6) is 1.92. The molecule has 0 saturated carbocycles. The molecule has 0 bridgehead atoms. The molecule has 1 fully saturated rings. The minimum absolute atomic E-state index is 0.602. The largest absolute Gasteiger partial charge is 0.151 e. The van der Waals surface area contributed by atoms with Gasteiger partial charge in [-0.05, 0) is 18.6 Å². The van der Waals surface area contributed by atoms with Crippen LogP contribution < -0.4 is 0 Å². The monoisotopic (exact) mass is 248 g/mol. The summed E-state index contributed by atoms with van der Waals surface area (Å²) in [5, 5.41) is 11.3. The Labute approximate surface area is 97.5 Å². The molecule has 2 rings (SSSR count). The van der Waals surface area contributed by atoms with Crippen LogP contribution in [0.25, 0.3) is 0 Å². The third kappa shape index (κ3) is 2.61. The van der Waals surface area contributed by atoms with Crippen LogP contribution in [0.4, 0.5) is 0 Å². The Morgan fingerprint density at radius 1 is 1.36 bits per heavy atom. The molecule has 2 nitrogen and oxygen atoms in total. The van der Waals surface area contributed by atoms with Crippen molar-refractivity contribution in [3.63, 3.8) is 0 Å². The number of aryl methyl sites for hydroxylation is 1. The van der Waals surface area contributed by atoms with Crippen LogP contribution in [0.1, 0.15) is 34.5 Å². The third-order valence-corrected chi connectivity index (χ3v) is 5.07. The van der Waals surface area contributed by atoms with Crippen molar-refractivity contribution < 1.29 is 0 Å². The van der Waals surface area contributed by atoms with Crippen LogP contribution in [0, 0.1) is 0 Å². The summed E-state index contributed by atoms with van der Waals surface area (Å²) >= 11 is 9.42. The summed E-state index contributed by atoms with van der Waals surface area (Å²) in [5.41, 5.74) is 0. The fourth-order valence-corrected chi connectivity index (χ4v) is 4.19. The quantitative estimate of drug-likeness (QED) is 0.768. The lowest BCUT2D eigenvalue weighted by molar-refractivity contribution is 0.679. The first-order valence-corrected chi connectivity index (χ1v) is 7.30. The van der Waals surface area contributed by atoms with E-state index in [-0.39, 0.29) is 0 Å². The Morgan fingerprint density at radius 3 is 3.00 bits per heavy atom. The number of nitrogens with zero attached hydrogens (tertiary/aromatic N) is 2. The number of hydrogen-bond donors (Lipinski definition) is 0. The van der Waals surface area contributed by atoms with Crippen molar-refractivity contribution in [3.05, 3.63) is 10.0 Å². The Kier molecular flexibility index (Phi) is 4.08. The molecule has 0 amide bonds. The van der Waals surface area contributed by atoms with E-state index in [1.807, 2.05) is 11.8 Å². The van der Waals surface area contributed by atoms with Crippen LogP contribution in [0.3, 0.4) is 0 Å². The number of alkyl halides is 1. The number of thioether (sulfide) groups is 1. The molecule has 0 spiro atoms. The van der Waals surface area contributed by atoms with Crippen LogP contribution in [0.15, 0.2) is 0 Å². The zero-order chi connectivity index (χ0) is 9.80. The van der Waals surface area contributed by atoms with Gasteiger partial charge in [0.1, 0.15) is 10.0 Å². The molecule has 1 saturated heterocycles. The van der Waals surface area contributed by atoms with Crippen molar-refractivity contribution in [2.45, 2.75) is 30.9 Å². The second-order valence-electron chi connectivity index (χ2n) is 3.33. The molecule has 1 unspecified atom stereocenters. The van der Waals surface area contributed by atoms with Crippen molar-refractivity contribution in [1.82, 2.24) is 10.2 Å². The Hall–Kier alpha value is 0.200. The van der Waals surface area contributed by atoms with E-state index in [0.29, 0.717) is 11.1 Å². The maximum atomic E-state index is 5.66. The first-order chi connectivity index (χ1) is 6.90. The van der Waals surface area contributed by atoms with Crippen LogP contribution in [-0.2, 0) is 6.42 Å². The predicted octanol–water partition coefficient (Wildman–Crippen LogP) is 3.28. The molecule has 78 valence electrons. The van der Waals surface area contributed by atoms with Crippen LogP contribution in [0.5, 0.6) is 0 Å². The zero-order valence-electron chi connectivity index (χ0n) is 7.91. The van der Waals surface area contributed by atoms with Crippen molar-refractivity contribution in [1.29, 1.82) is 0 Å².